The van der Waals surface area contributed by atoms with Gasteiger partial charge in [-0.05, 0) is 38.5 Å². The smallest absolute Gasteiger partial charge is 0.308 e. The Balaban J connectivity index is 2.53. The number of halogens is 1. The van der Waals surface area contributed by atoms with Crippen molar-refractivity contribution >= 4 is 27.6 Å². The Morgan fingerprint density at radius 3 is 2.52 bits per heavy atom. The fourth-order valence-electron chi connectivity index (χ4n) is 2.61. The number of esters is 1. The molecule has 0 radical (unpaired) electrons. The van der Waals surface area contributed by atoms with E-state index in [1.54, 1.807) is 0 Å². The number of alkyl halides is 1. The van der Waals surface area contributed by atoms with Gasteiger partial charge in [0.1, 0.15) is 0 Å². The Morgan fingerprint density at radius 2 is 2.05 bits per heavy atom. The molecule has 5 nitrogen and oxygen atoms in total. The molecule has 0 aromatic rings. The number of hydrogen-bond acceptors (Lipinski definition) is 4. The molecular formula is C14H24ClNO4S. The van der Waals surface area contributed by atoms with Crippen LogP contribution in [0, 0.1) is 5.92 Å². The number of sulfonamides is 1. The van der Waals surface area contributed by atoms with E-state index in [-0.39, 0.29) is 17.9 Å². The van der Waals surface area contributed by atoms with Gasteiger partial charge in [0, 0.05) is 11.9 Å². The summed E-state index contributed by atoms with van der Waals surface area (Å²) in [4.78, 5) is 11.4. The Bertz CT molecular complexity index is 444. The lowest BCUT2D eigenvalue weighted by Crippen LogP contribution is -2.42. The third-order valence-electron chi connectivity index (χ3n) is 3.88. The molecule has 1 N–H and O–H groups in total. The number of methoxy groups -OCH3 is 1. The first-order valence-electron chi connectivity index (χ1n) is 7.22. The van der Waals surface area contributed by atoms with E-state index in [2.05, 4.69) is 11.3 Å². The molecule has 21 heavy (non-hydrogen) atoms. The Morgan fingerprint density at radius 1 is 1.43 bits per heavy atom. The van der Waals surface area contributed by atoms with Gasteiger partial charge in [0.25, 0.3) is 0 Å². The Labute approximate surface area is 132 Å². The van der Waals surface area contributed by atoms with E-state index in [0.717, 1.165) is 0 Å². The van der Waals surface area contributed by atoms with Crippen molar-refractivity contribution in [2.24, 2.45) is 5.92 Å². The van der Waals surface area contributed by atoms with Crippen LogP contribution in [-0.4, -0.2) is 38.7 Å². The molecule has 1 atom stereocenters. The predicted molar refractivity (Wildman–Crippen MR) is 83.8 cm³/mol. The van der Waals surface area contributed by atoms with E-state index < -0.39 is 15.3 Å². The molecule has 0 aromatic carbocycles. The topological polar surface area (TPSA) is 72.5 Å². The highest BCUT2D eigenvalue weighted by Crippen LogP contribution is 2.26. The van der Waals surface area contributed by atoms with E-state index in [0.29, 0.717) is 44.4 Å². The number of hydrogen-bond donors (Lipinski definition) is 1. The molecular weight excluding hydrogens is 314 g/mol. The maximum Gasteiger partial charge on any atom is 0.308 e. The first kappa shape index (κ1) is 18.5. The molecule has 1 fully saturated rings. The van der Waals surface area contributed by atoms with Gasteiger partial charge in [-0.2, -0.15) is 0 Å². The minimum atomic E-state index is -3.43. The average molecular weight is 338 g/mol. The standard InChI is InChI=1S/C14H24ClNO4S/c1-3-13(5-4-10-15)21(18,19)16-12-8-6-11(7-9-12)14(17)20-2/h3,11-13,16H,1,4-10H2,2H3. The van der Waals surface area contributed by atoms with Crippen molar-refractivity contribution in [2.75, 3.05) is 13.0 Å². The number of carbonyl (C=O) groups excluding carboxylic acids is 1. The Hall–Kier alpha value is -0.590. The molecule has 122 valence electrons. The maximum atomic E-state index is 12.3. The van der Waals surface area contributed by atoms with Gasteiger partial charge >= 0.3 is 5.97 Å². The van der Waals surface area contributed by atoms with Crippen molar-refractivity contribution in [2.45, 2.75) is 49.8 Å². The summed E-state index contributed by atoms with van der Waals surface area (Å²) >= 11 is 5.61. The fraction of sp³-hybridized carbons (Fsp3) is 0.786. The van der Waals surface area contributed by atoms with Gasteiger partial charge in [-0.15, -0.1) is 18.2 Å². The molecule has 0 bridgehead atoms. The quantitative estimate of drug-likeness (QED) is 0.419. The van der Waals surface area contributed by atoms with Gasteiger partial charge in [0.15, 0.2) is 0 Å². The third kappa shape index (κ3) is 5.60. The second-order valence-electron chi connectivity index (χ2n) is 5.34. The monoisotopic (exact) mass is 337 g/mol. The number of nitrogens with one attached hydrogen (secondary N) is 1. The van der Waals surface area contributed by atoms with E-state index in [9.17, 15) is 13.2 Å². The van der Waals surface area contributed by atoms with E-state index in [1.165, 1.54) is 13.2 Å². The molecule has 0 spiro atoms. The first-order chi connectivity index (χ1) is 9.94. The highest BCUT2D eigenvalue weighted by molar-refractivity contribution is 7.90. The molecule has 1 unspecified atom stereocenters. The van der Waals surface area contributed by atoms with Crippen molar-refractivity contribution in [3.63, 3.8) is 0 Å². The summed E-state index contributed by atoms with van der Waals surface area (Å²) in [7, 11) is -2.05. The van der Waals surface area contributed by atoms with Crippen molar-refractivity contribution in [3.8, 4) is 0 Å². The summed E-state index contributed by atoms with van der Waals surface area (Å²) in [6.07, 6.45) is 5.17. The van der Waals surface area contributed by atoms with Crippen LogP contribution in [0.2, 0.25) is 0 Å². The van der Waals surface area contributed by atoms with Gasteiger partial charge in [-0.25, -0.2) is 13.1 Å². The first-order valence-corrected chi connectivity index (χ1v) is 9.30. The van der Waals surface area contributed by atoms with Crippen molar-refractivity contribution in [1.82, 2.24) is 4.72 Å². The van der Waals surface area contributed by atoms with Crippen LogP contribution in [0.4, 0.5) is 0 Å². The molecule has 1 aliphatic rings. The maximum absolute atomic E-state index is 12.3. The summed E-state index contributed by atoms with van der Waals surface area (Å²) < 4.78 is 32.0. The largest absolute Gasteiger partial charge is 0.469 e. The van der Waals surface area contributed by atoms with Crippen LogP contribution < -0.4 is 4.72 Å². The lowest BCUT2D eigenvalue weighted by Gasteiger charge is -2.28. The van der Waals surface area contributed by atoms with Gasteiger partial charge in [0.05, 0.1) is 18.3 Å². The molecule has 0 aromatic heterocycles. The van der Waals surface area contributed by atoms with Crippen LogP contribution in [0.1, 0.15) is 38.5 Å². The second-order valence-corrected chi connectivity index (χ2v) is 7.65. The van der Waals surface area contributed by atoms with Gasteiger partial charge < -0.3 is 4.74 Å². The molecule has 0 aliphatic heterocycles. The van der Waals surface area contributed by atoms with Crippen LogP contribution in [0.3, 0.4) is 0 Å². The molecule has 7 heteroatoms. The van der Waals surface area contributed by atoms with Crippen LogP contribution in [-0.2, 0) is 19.6 Å². The van der Waals surface area contributed by atoms with Crippen molar-refractivity contribution < 1.29 is 17.9 Å². The van der Waals surface area contributed by atoms with E-state index in [4.69, 9.17) is 16.3 Å². The van der Waals surface area contributed by atoms with E-state index in [1.807, 2.05) is 0 Å². The van der Waals surface area contributed by atoms with Crippen molar-refractivity contribution in [1.29, 1.82) is 0 Å². The van der Waals surface area contributed by atoms with E-state index >= 15 is 0 Å². The zero-order chi connectivity index (χ0) is 15.9. The predicted octanol–water partition coefficient (Wildman–Crippen LogP) is 2.21. The highest BCUT2D eigenvalue weighted by atomic mass is 35.5. The zero-order valence-electron chi connectivity index (χ0n) is 12.4. The molecule has 1 rings (SSSR count). The van der Waals surface area contributed by atoms with Gasteiger partial charge in [-0.3, -0.25) is 4.79 Å². The summed E-state index contributed by atoms with van der Waals surface area (Å²) in [5.41, 5.74) is 0. The minimum absolute atomic E-state index is 0.109. The Kier molecular flexibility index (Phi) is 7.70. The number of rotatable bonds is 8. The highest BCUT2D eigenvalue weighted by Gasteiger charge is 2.31. The lowest BCUT2D eigenvalue weighted by atomic mass is 9.86. The van der Waals surface area contributed by atoms with Crippen LogP contribution >= 0.6 is 11.6 Å². The number of ether oxygens (including phenoxy) is 1. The normalized spacial score (nSPS) is 24.3. The van der Waals surface area contributed by atoms with Gasteiger partial charge in [-0.1, -0.05) is 6.08 Å². The minimum Gasteiger partial charge on any atom is -0.469 e. The lowest BCUT2D eigenvalue weighted by molar-refractivity contribution is -0.146. The summed E-state index contributed by atoms with van der Waals surface area (Å²) in [6, 6.07) is -0.116. The second kappa shape index (κ2) is 8.76. The SMILES string of the molecule is C=CC(CCCCl)S(=O)(=O)NC1CCC(C(=O)OC)CC1. The molecule has 1 saturated carbocycles. The summed E-state index contributed by atoms with van der Waals surface area (Å²) in [5.74, 6) is 0.119. The molecule has 0 amide bonds. The van der Waals surface area contributed by atoms with Crippen LogP contribution in [0.5, 0.6) is 0 Å². The van der Waals surface area contributed by atoms with Crippen LogP contribution in [0.25, 0.3) is 0 Å². The molecule has 0 saturated heterocycles. The summed E-state index contributed by atoms with van der Waals surface area (Å²) in [5, 5.41) is -0.616. The van der Waals surface area contributed by atoms with Crippen molar-refractivity contribution in [3.05, 3.63) is 12.7 Å². The molecule has 0 heterocycles. The number of carbonyl (C=O) groups is 1. The summed E-state index contributed by atoms with van der Waals surface area (Å²) in [6.45, 7) is 3.60. The fourth-order valence-corrected chi connectivity index (χ4v) is 4.37. The third-order valence-corrected chi connectivity index (χ3v) is 6.03. The average Bonchev–Trinajstić information content (AvgIpc) is 2.47. The molecule has 1 aliphatic carbocycles. The zero-order valence-corrected chi connectivity index (χ0v) is 14.0. The van der Waals surface area contributed by atoms with Gasteiger partial charge in [0.2, 0.25) is 10.0 Å². The van der Waals surface area contributed by atoms with Crippen LogP contribution in [0.15, 0.2) is 12.7 Å².